The fourth-order valence-corrected chi connectivity index (χ4v) is 2.77. The average molecular weight is 376 g/mol. The fraction of sp³-hybridized carbons (Fsp3) is 1.00. The van der Waals surface area contributed by atoms with Gasteiger partial charge in [-0.1, -0.05) is 0 Å². The Labute approximate surface area is 162 Å². The van der Waals surface area contributed by atoms with Crippen molar-refractivity contribution >= 4 is 0 Å². The summed E-state index contributed by atoms with van der Waals surface area (Å²) < 4.78 is 24.1. The molecular formula is C21H45NO4. The van der Waals surface area contributed by atoms with Crippen LogP contribution in [0.15, 0.2) is 0 Å². The van der Waals surface area contributed by atoms with E-state index in [9.17, 15) is 0 Å². The Morgan fingerprint density at radius 3 is 1.19 bits per heavy atom. The van der Waals surface area contributed by atoms with Crippen LogP contribution in [0.25, 0.3) is 0 Å². The normalized spacial score (nSPS) is 13.4. The van der Waals surface area contributed by atoms with Crippen LogP contribution < -0.4 is 0 Å². The summed E-state index contributed by atoms with van der Waals surface area (Å²) >= 11 is 0. The smallest absolute Gasteiger partial charge is 0.0918 e. The summed E-state index contributed by atoms with van der Waals surface area (Å²) in [5.41, 5.74) is -0.340. The number of hydrogen-bond donors (Lipinski definition) is 0. The second-order valence-corrected chi connectivity index (χ2v) is 8.51. The first-order valence-electron chi connectivity index (χ1n) is 10.2. The molecule has 0 aromatic carbocycles. The standard InChI is InChI=1S/C21H45NO4/c1-16(2)22(11-12-23-17(3)4)21(13-24-18(5)6,14-25-19(7)8)15-26-20(9)10/h16-20H,11-15H2,1-10H3. The van der Waals surface area contributed by atoms with Crippen LogP contribution in [0.4, 0.5) is 0 Å². The second-order valence-electron chi connectivity index (χ2n) is 8.51. The van der Waals surface area contributed by atoms with E-state index >= 15 is 0 Å². The molecule has 26 heavy (non-hydrogen) atoms. The Morgan fingerprint density at radius 1 is 0.577 bits per heavy atom. The van der Waals surface area contributed by atoms with Crippen LogP contribution in [-0.4, -0.2) is 73.9 Å². The molecule has 0 aromatic rings. The highest BCUT2D eigenvalue weighted by atomic mass is 16.5. The summed E-state index contributed by atoms with van der Waals surface area (Å²) in [5, 5.41) is 0. The monoisotopic (exact) mass is 375 g/mol. The molecule has 0 saturated carbocycles. The number of nitrogens with zero attached hydrogens (tertiary/aromatic N) is 1. The largest absolute Gasteiger partial charge is 0.377 e. The molecule has 0 aliphatic rings. The Hall–Kier alpha value is -0.200. The van der Waals surface area contributed by atoms with E-state index < -0.39 is 0 Å². The number of hydrogen-bond acceptors (Lipinski definition) is 5. The van der Waals surface area contributed by atoms with E-state index in [-0.39, 0.29) is 30.0 Å². The van der Waals surface area contributed by atoms with Crippen molar-refractivity contribution in [2.45, 2.75) is 105 Å². The number of ether oxygens (including phenoxy) is 4. The Kier molecular flexibility index (Phi) is 13.0. The zero-order chi connectivity index (χ0) is 20.3. The van der Waals surface area contributed by atoms with Gasteiger partial charge in [0.05, 0.1) is 56.4 Å². The molecule has 158 valence electrons. The van der Waals surface area contributed by atoms with Crippen molar-refractivity contribution in [2.75, 3.05) is 33.0 Å². The van der Waals surface area contributed by atoms with Gasteiger partial charge in [-0.25, -0.2) is 0 Å². The zero-order valence-electron chi connectivity index (χ0n) is 19.0. The van der Waals surface area contributed by atoms with E-state index in [1.165, 1.54) is 0 Å². The third kappa shape index (κ3) is 10.8. The van der Waals surface area contributed by atoms with Gasteiger partial charge in [-0.2, -0.15) is 0 Å². The second kappa shape index (κ2) is 13.1. The van der Waals surface area contributed by atoms with Gasteiger partial charge >= 0.3 is 0 Å². The fourth-order valence-electron chi connectivity index (χ4n) is 2.77. The maximum absolute atomic E-state index is 6.09. The predicted octanol–water partition coefficient (Wildman–Crippen LogP) is 4.14. The molecule has 5 nitrogen and oxygen atoms in total. The van der Waals surface area contributed by atoms with Crippen molar-refractivity contribution in [1.82, 2.24) is 4.90 Å². The van der Waals surface area contributed by atoms with Gasteiger partial charge in [-0.3, -0.25) is 4.90 Å². The van der Waals surface area contributed by atoms with Crippen LogP contribution in [0, 0.1) is 0 Å². The van der Waals surface area contributed by atoms with Gasteiger partial charge in [0, 0.05) is 12.6 Å². The molecule has 0 rings (SSSR count). The first-order chi connectivity index (χ1) is 12.0. The summed E-state index contributed by atoms with van der Waals surface area (Å²) in [7, 11) is 0. The molecule has 0 atom stereocenters. The molecule has 0 N–H and O–H groups in total. The summed E-state index contributed by atoms with van der Waals surface area (Å²) in [6, 6.07) is 0.327. The molecule has 0 unspecified atom stereocenters. The molecule has 0 aliphatic heterocycles. The lowest BCUT2D eigenvalue weighted by Crippen LogP contribution is -2.62. The van der Waals surface area contributed by atoms with Crippen molar-refractivity contribution in [3.8, 4) is 0 Å². The third-order valence-electron chi connectivity index (χ3n) is 4.07. The highest BCUT2D eigenvalue weighted by Gasteiger charge is 2.40. The van der Waals surface area contributed by atoms with Crippen molar-refractivity contribution in [2.24, 2.45) is 0 Å². The van der Waals surface area contributed by atoms with Crippen LogP contribution in [0.2, 0.25) is 0 Å². The molecule has 0 fully saturated rings. The minimum absolute atomic E-state index is 0.161. The van der Waals surface area contributed by atoms with Crippen LogP contribution in [0.5, 0.6) is 0 Å². The Balaban J connectivity index is 5.53. The Bertz CT molecular complexity index is 312. The van der Waals surface area contributed by atoms with Gasteiger partial charge < -0.3 is 18.9 Å². The van der Waals surface area contributed by atoms with Gasteiger partial charge in [-0.05, 0) is 69.2 Å². The lowest BCUT2D eigenvalue weighted by molar-refractivity contribution is -0.137. The van der Waals surface area contributed by atoms with E-state index in [4.69, 9.17) is 18.9 Å². The van der Waals surface area contributed by atoms with Gasteiger partial charge in [-0.15, -0.1) is 0 Å². The van der Waals surface area contributed by atoms with Gasteiger partial charge in [0.2, 0.25) is 0 Å². The first-order valence-corrected chi connectivity index (χ1v) is 10.2. The topological polar surface area (TPSA) is 40.2 Å². The summed E-state index contributed by atoms with van der Waals surface area (Å²) in [6.45, 7) is 24.2. The van der Waals surface area contributed by atoms with Crippen molar-refractivity contribution in [3.05, 3.63) is 0 Å². The first kappa shape index (κ1) is 25.8. The molecule has 0 saturated heterocycles. The van der Waals surface area contributed by atoms with Crippen LogP contribution in [-0.2, 0) is 18.9 Å². The van der Waals surface area contributed by atoms with E-state index in [2.05, 4.69) is 74.1 Å². The quantitative estimate of drug-likeness (QED) is 0.430. The highest BCUT2D eigenvalue weighted by molar-refractivity contribution is 4.93. The van der Waals surface area contributed by atoms with Crippen molar-refractivity contribution in [1.29, 1.82) is 0 Å². The molecule has 0 heterocycles. The molecule has 0 bridgehead atoms. The van der Waals surface area contributed by atoms with E-state index in [0.717, 1.165) is 6.54 Å². The molecule has 5 heteroatoms. The molecule has 0 aliphatic carbocycles. The van der Waals surface area contributed by atoms with Crippen LogP contribution in [0.3, 0.4) is 0 Å². The molecule has 0 spiro atoms. The van der Waals surface area contributed by atoms with Crippen LogP contribution in [0.1, 0.15) is 69.2 Å². The summed E-state index contributed by atoms with van der Waals surface area (Å²) in [5.74, 6) is 0. The van der Waals surface area contributed by atoms with E-state index in [1.54, 1.807) is 0 Å². The van der Waals surface area contributed by atoms with Crippen molar-refractivity contribution < 1.29 is 18.9 Å². The summed E-state index contributed by atoms with van der Waals surface area (Å²) in [6.07, 6.45) is 0.708. The average Bonchev–Trinajstić information content (AvgIpc) is 2.50. The molecular weight excluding hydrogens is 330 g/mol. The lowest BCUT2D eigenvalue weighted by Gasteiger charge is -2.46. The number of rotatable bonds is 15. The minimum atomic E-state index is -0.340. The lowest BCUT2D eigenvalue weighted by atomic mass is 9.97. The molecule has 0 amide bonds. The predicted molar refractivity (Wildman–Crippen MR) is 109 cm³/mol. The Morgan fingerprint density at radius 2 is 0.923 bits per heavy atom. The SMILES string of the molecule is CC(C)OCCN(C(C)C)C(COC(C)C)(COC(C)C)COC(C)C. The highest BCUT2D eigenvalue weighted by Crippen LogP contribution is 2.23. The molecule has 0 aromatic heterocycles. The third-order valence-corrected chi connectivity index (χ3v) is 4.07. The van der Waals surface area contributed by atoms with Gasteiger partial charge in [0.1, 0.15) is 0 Å². The van der Waals surface area contributed by atoms with Crippen molar-refractivity contribution in [3.63, 3.8) is 0 Å². The maximum Gasteiger partial charge on any atom is 0.0918 e. The molecule has 0 radical (unpaired) electrons. The minimum Gasteiger partial charge on any atom is -0.377 e. The van der Waals surface area contributed by atoms with Crippen LogP contribution >= 0.6 is 0 Å². The van der Waals surface area contributed by atoms with Gasteiger partial charge in [0.25, 0.3) is 0 Å². The van der Waals surface area contributed by atoms with E-state index in [0.29, 0.717) is 32.5 Å². The van der Waals surface area contributed by atoms with E-state index in [1.807, 2.05) is 0 Å². The van der Waals surface area contributed by atoms with Gasteiger partial charge in [0.15, 0.2) is 0 Å². The zero-order valence-corrected chi connectivity index (χ0v) is 19.0. The maximum atomic E-state index is 6.09. The summed E-state index contributed by atoms with van der Waals surface area (Å²) in [4.78, 5) is 2.43.